The largest absolute Gasteiger partial charge is 0.426 e. The molecule has 0 aromatic heterocycles. The predicted octanol–water partition coefficient (Wildman–Crippen LogP) is 2.71. The van der Waals surface area contributed by atoms with Crippen LogP contribution in [0.2, 0.25) is 0 Å². The molecule has 0 spiro atoms. The second-order valence-corrected chi connectivity index (χ2v) is 4.90. The molecule has 0 saturated heterocycles. The first-order chi connectivity index (χ1) is 8.72. The Morgan fingerprint density at radius 1 is 1.39 bits per heavy atom. The average Bonchev–Trinajstić information content (AvgIpc) is 2.38. The lowest BCUT2D eigenvalue weighted by atomic mass is 9.89. The van der Waals surface area contributed by atoms with E-state index >= 15 is 0 Å². The minimum atomic E-state index is -0.586. The van der Waals surface area contributed by atoms with Gasteiger partial charge in [-0.1, -0.05) is 44.4 Å². The Balaban J connectivity index is 2.00. The van der Waals surface area contributed by atoms with Gasteiger partial charge in [-0.3, -0.25) is 4.79 Å². The molecule has 1 aliphatic rings. The predicted molar refractivity (Wildman–Crippen MR) is 69.4 cm³/mol. The first-order valence-electron chi connectivity index (χ1n) is 6.70. The Bertz CT molecular complexity index is 414. The molecule has 2 unspecified atom stereocenters. The summed E-state index contributed by atoms with van der Waals surface area (Å²) in [7, 11) is 0. The van der Waals surface area contributed by atoms with Crippen molar-refractivity contribution < 1.29 is 14.6 Å². The summed E-state index contributed by atoms with van der Waals surface area (Å²) >= 11 is 0. The monoisotopic (exact) mass is 248 g/mol. The van der Waals surface area contributed by atoms with E-state index < -0.39 is 12.0 Å². The first kappa shape index (κ1) is 13.1. The first-order valence-corrected chi connectivity index (χ1v) is 6.70. The van der Waals surface area contributed by atoms with Crippen LogP contribution in [0, 0.1) is 5.92 Å². The Hall–Kier alpha value is -1.35. The number of hydrogen-bond donors (Lipinski definition) is 1. The van der Waals surface area contributed by atoms with Crippen molar-refractivity contribution in [2.24, 2.45) is 5.92 Å². The zero-order valence-electron chi connectivity index (χ0n) is 10.8. The molecular formula is C15H20O3. The highest BCUT2D eigenvalue weighted by Gasteiger charge is 2.33. The van der Waals surface area contributed by atoms with Crippen LogP contribution in [-0.4, -0.2) is 17.2 Å². The normalized spacial score (nSPS) is 20.1. The third kappa shape index (κ3) is 2.91. The van der Waals surface area contributed by atoms with Crippen LogP contribution in [-0.2, 0) is 11.2 Å². The lowest BCUT2D eigenvalue weighted by Gasteiger charge is -2.26. The number of benzene rings is 1. The molecule has 0 amide bonds. The summed E-state index contributed by atoms with van der Waals surface area (Å²) in [4.78, 5) is 11.8. The van der Waals surface area contributed by atoms with Crippen molar-refractivity contribution in [2.45, 2.75) is 45.1 Å². The Labute approximate surface area is 108 Å². The summed E-state index contributed by atoms with van der Waals surface area (Å²) < 4.78 is 5.27. The Morgan fingerprint density at radius 3 is 2.94 bits per heavy atom. The number of carbonyl (C=O) groups excluding carboxylic acids is 1. The van der Waals surface area contributed by atoms with Gasteiger partial charge >= 0.3 is 5.97 Å². The van der Waals surface area contributed by atoms with E-state index in [4.69, 9.17) is 4.74 Å². The molecule has 2 atom stereocenters. The van der Waals surface area contributed by atoms with Crippen molar-refractivity contribution in [1.29, 1.82) is 0 Å². The number of carbonyl (C=O) groups is 1. The maximum absolute atomic E-state index is 11.8. The number of rotatable bonds is 5. The van der Waals surface area contributed by atoms with Gasteiger partial charge in [-0.25, -0.2) is 0 Å². The molecule has 2 rings (SSSR count). The van der Waals surface area contributed by atoms with Gasteiger partial charge in [0.25, 0.3) is 0 Å². The summed E-state index contributed by atoms with van der Waals surface area (Å²) in [6.07, 6.45) is 3.85. The zero-order valence-corrected chi connectivity index (χ0v) is 10.8. The Morgan fingerprint density at radius 2 is 2.17 bits per heavy atom. The highest BCUT2D eigenvalue weighted by atomic mass is 16.5. The topological polar surface area (TPSA) is 46.5 Å². The van der Waals surface area contributed by atoms with Crippen LogP contribution in [0.5, 0.6) is 5.75 Å². The molecule has 0 bridgehead atoms. The van der Waals surface area contributed by atoms with E-state index in [1.807, 2.05) is 18.2 Å². The molecule has 3 heteroatoms. The molecule has 1 heterocycles. The lowest BCUT2D eigenvalue weighted by Crippen LogP contribution is -2.36. The SMILES string of the molecule is CCCCCC(O)C1Cc2ccccc2OC1=O. The molecule has 1 N–H and O–H groups in total. The third-order valence-electron chi connectivity index (χ3n) is 3.49. The molecule has 1 aromatic carbocycles. The van der Waals surface area contributed by atoms with Crippen LogP contribution in [0.25, 0.3) is 0 Å². The van der Waals surface area contributed by atoms with Gasteiger partial charge in [0.2, 0.25) is 0 Å². The summed E-state index contributed by atoms with van der Waals surface area (Å²) in [6, 6.07) is 7.53. The molecule has 1 aliphatic heterocycles. The number of aliphatic hydroxyl groups is 1. The summed E-state index contributed by atoms with van der Waals surface area (Å²) in [5.41, 5.74) is 1.01. The van der Waals surface area contributed by atoms with Crippen molar-refractivity contribution in [2.75, 3.05) is 0 Å². The fourth-order valence-corrected chi connectivity index (χ4v) is 2.37. The van der Waals surface area contributed by atoms with Crippen LogP contribution in [0.4, 0.5) is 0 Å². The third-order valence-corrected chi connectivity index (χ3v) is 3.49. The van der Waals surface area contributed by atoms with Crippen LogP contribution in [0.15, 0.2) is 24.3 Å². The number of aliphatic hydroxyl groups excluding tert-OH is 1. The van der Waals surface area contributed by atoms with Crippen molar-refractivity contribution in [3.63, 3.8) is 0 Å². The van der Waals surface area contributed by atoms with Crippen LogP contribution in [0.1, 0.15) is 38.2 Å². The van der Waals surface area contributed by atoms with Gasteiger partial charge in [-0.15, -0.1) is 0 Å². The molecule has 0 fully saturated rings. The number of para-hydroxylation sites is 1. The highest BCUT2D eigenvalue weighted by molar-refractivity contribution is 5.78. The summed E-state index contributed by atoms with van der Waals surface area (Å²) in [5, 5.41) is 10.1. The van der Waals surface area contributed by atoms with Crippen LogP contribution in [0.3, 0.4) is 0 Å². The molecule has 0 radical (unpaired) electrons. The van der Waals surface area contributed by atoms with Gasteiger partial charge in [-0.2, -0.15) is 0 Å². The maximum Gasteiger partial charge on any atom is 0.317 e. The van der Waals surface area contributed by atoms with Gasteiger partial charge < -0.3 is 9.84 Å². The van der Waals surface area contributed by atoms with Gasteiger partial charge in [0.1, 0.15) is 5.75 Å². The van der Waals surface area contributed by atoms with Gasteiger partial charge in [0, 0.05) is 0 Å². The molecule has 0 saturated carbocycles. The fraction of sp³-hybridized carbons (Fsp3) is 0.533. The van der Waals surface area contributed by atoms with Crippen molar-refractivity contribution in [3.05, 3.63) is 29.8 Å². The van der Waals surface area contributed by atoms with E-state index in [-0.39, 0.29) is 5.97 Å². The van der Waals surface area contributed by atoms with E-state index in [1.165, 1.54) is 0 Å². The van der Waals surface area contributed by atoms with E-state index in [0.29, 0.717) is 18.6 Å². The van der Waals surface area contributed by atoms with E-state index in [0.717, 1.165) is 24.8 Å². The second kappa shape index (κ2) is 6.01. The summed E-state index contributed by atoms with van der Waals surface area (Å²) in [5.74, 6) is -0.0611. The van der Waals surface area contributed by atoms with Crippen molar-refractivity contribution >= 4 is 5.97 Å². The van der Waals surface area contributed by atoms with E-state index in [1.54, 1.807) is 6.07 Å². The summed E-state index contributed by atoms with van der Waals surface area (Å²) in [6.45, 7) is 2.12. The molecule has 0 aliphatic carbocycles. The van der Waals surface area contributed by atoms with Gasteiger partial charge in [-0.05, 0) is 24.5 Å². The van der Waals surface area contributed by atoms with E-state index in [9.17, 15) is 9.90 Å². The van der Waals surface area contributed by atoms with E-state index in [2.05, 4.69) is 6.92 Å². The maximum atomic E-state index is 11.8. The molecule has 1 aromatic rings. The lowest BCUT2D eigenvalue weighted by molar-refractivity contribution is -0.144. The number of fused-ring (bicyclic) bond motifs is 1. The standard InChI is InChI=1S/C15H20O3/c1-2-3-4-8-13(16)12-10-11-7-5-6-9-14(11)18-15(12)17/h5-7,9,12-13,16H,2-4,8,10H2,1H3. The zero-order chi connectivity index (χ0) is 13.0. The van der Waals surface area contributed by atoms with Crippen LogP contribution < -0.4 is 4.74 Å². The minimum absolute atomic E-state index is 0.294. The molecule has 18 heavy (non-hydrogen) atoms. The number of esters is 1. The van der Waals surface area contributed by atoms with Gasteiger partial charge in [0.15, 0.2) is 0 Å². The van der Waals surface area contributed by atoms with Crippen LogP contribution >= 0.6 is 0 Å². The fourth-order valence-electron chi connectivity index (χ4n) is 2.37. The number of ether oxygens (including phenoxy) is 1. The quantitative estimate of drug-likeness (QED) is 0.495. The van der Waals surface area contributed by atoms with Crippen molar-refractivity contribution in [1.82, 2.24) is 0 Å². The average molecular weight is 248 g/mol. The molecule has 3 nitrogen and oxygen atoms in total. The smallest absolute Gasteiger partial charge is 0.317 e. The minimum Gasteiger partial charge on any atom is -0.426 e. The molecular weight excluding hydrogens is 228 g/mol. The molecule has 98 valence electrons. The number of unbranched alkanes of at least 4 members (excludes halogenated alkanes) is 2. The second-order valence-electron chi connectivity index (χ2n) is 4.90. The van der Waals surface area contributed by atoms with Gasteiger partial charge in [0.05, 0.1) is 12.0 Å². The van der Waals surface area contributed by atoms with Crippen molar-refractivity contribution in [3.8, 4) is 5.75 Å². The number of hydrogen-bond acceptors (Lipinski definition) is 3. The Kier molecular flexibility index (Phi) is 4.37. The highest BCUT2D eigenvalue weighted by Crippen LogP contribution is 2.30.